The minimum atomic E-state index is -0.406. The largest absolute Gasteiger partial charge is 0.323 e. The average Bonchev–Trinajstić information content (AvgIpc) is 2.48. The molecule has 104 valence electrons. The van der Waals surface area contributed by atoms with Crippen molar-refractivity contribution in [3.63, 3.8) is 0 Å². The number of nitrogens with two attached hydrogens (primary N) is 1. The summed E-state index contributed by atoms with van der Waals surface area (Å²) in [4.78, 5) is 16.4. The number of rotatable bonds is 5. The molecule has 1 aromatic carbocycles. The average molecular weight is 289 g/mol. The first-order valence-electron chi connectivity index (χ1n) is 6.24. The van der Waals surface area contributed by atoms with Gasteiger partial charge in [0.25, 0.3) is 5.69 Å². The number of aromatic nitrogens is 1. The van der Waals surface area contributed by atoms with Gasteiger partial charge in [-0.2, -0.15) is 0 Å². The molecule has 1 aromatic heterocycles. The van der Waals surface area contributed by atoms with Crippen LogP contribution in [0.1, 0.15) is 25.1 Å². The number of benzene rings is 1. The van der Waals surface area contributed by atoms with Gasteiger partial charge in [0.2, 0.25) is 0 Å². The van der Waals surface area contributed by atoms with Gasteiger partial charge in [-0.15, -0.1) is 0 Å². The van der Waals surface area contributed by atoms with Crippen LogP contribution in [0.15, 0.2) is 52.4 Å². The van der Waals surface area contributed by atoms with E-state index in [0.717, 1.165) is 21.9 Å². The van der Waals surface area contributed by atoms with Crippen molar-refractivity contribution >= 4 is 17.4 Å². The number of pyridine rings is 1. The molecule has 0 fully saturated rings. The zero-order valence-corrected chi connectivity index (χ0v) is 11.8. The predicted octanol–water partition coefficient (Wildman–Crippen LogP) is 3.55. The molecule has 0 aliphatic heterocycles. The Bertz CT molecular complexity index is 584. The lowest BCUT2D eigenvalue weighted by atomic mass is 10.1. The maximum Gasteiger partial charge on any atom is 0.269 e. The highest BCUT2D eigenvalue weighted by Crippen LogP contribution is 2.29. The number of non-ortho nitro benzene ring substituents is 1. The zero-order chi connectivity index (χ0) is 14.5. The van der Waals surface area contributed by atoms with E-state index in [9.17, 15) is 10.1 Å². The van der Waals surface area contributed by atoms with Crippen molar-refractivity contribution in [3.05, 3.63) is 58.4 Å². The Labute approximate surface area is 121 Å². The Morgan fingerprint density at radius 3 is 2.40 bits per heavy atom. The molecule has 2 rings (SSSR count). The van der Waals surface area contributed by atoms with Crippen molar-refractivity contribution < 1.29 is 4.92 Å². The standard InChI is InChI=1S/C14H15N3O2S/c1-2-13(15)14-8-7-12(9-16-14)20-11-5-3-10(4-6-11)17(18)19/h3-9,13H,2,15H2,1H3. The fourth-order valence-electron chi connectivity index (χ4n) is 1.65. The van der Waals surface area contributed by atoms with Gasteiger partial charge in [0.05, 0.1) is 10.6 Å². The number of nitrogens with zero attached hydrogens (tertiary/aromatic N) is 2. The summed E-state index contributed by atoms with van der Waals surface area (Å²) in [7, 11) is 0. The summed E-state index contributed by atoms with van der Waals surface area (Å²) >= 11 is 1.51. The van der Waals surface area contributed by atoms with Crippen LogP contribution in [-0.4, -0.2) is 9.91 Å². The van der Waals surface area contributed by atoms with Crippen molar-refractivity contribution in [2.24, 2.45) is 5.73 Å². The predicted molar refractivity (Wildman–Crippen MR) is 78.7 cm³/mol. The van der Waals surface area contributed by atoms with Crippen molar-refractivity contribution in [3.8, 4) is 0 Å². The van der Waals surface area contributed by atoms with E-state index in [-0.39, 0.29) is 11.7 Å². The van der Waals surface area contributed by atoms with Crippen LogP contribution in [-0.2, 0) is 0 Å². The van der Waals surface area contributed by atoms with Crippen LogP contribution in [0.5, 0.6) is 0 Å². The molecule has 0 radical (unpaired) electrons. The quantitative estimate of drug-likeness (QED) is 0.672. The summed E-state index contributed by atoms with van der Waals surface area (Å²) in [6.45, 7) is 2.02. The molecule has 0 saturated heterocycles. The lowest BCUT2D eigenvalue weighted by Gasteiger charge is -2.08. The maximum atomic E-state index is 10.6. The van der Waals surface area contributed by atoms with Gasteiger partial charge in [-0.05, 0) is 30.7 Å². The zero-order valence-electron chi connectivity index (χ0n) is 11.0. The Kier molecular flexibility index (Phi) is 4.70. The normalized spacial score (nSPS) is 12.1. The van der Waals surface area contributed by atoms with Crippen LogP contribution >= 0.6 is 11.8 Å². The fraction of sp³-hybridized carbons (Fsp3) is 0.214. The fourth-order valence-corrected chi connectivity index (χ4v) is 2.44. The highest BCUT2D eigenvalue weighted by Gasteiger charge is 2.07. The highest BCUT2D eigenvalue weighted by molar-refractivity contribution is 7.99. The van der Waals surface area contributed by atoms with Crippen molar-refractivity contribution in [2.45, 2.75) is 29.2 Å². The second kappa shape index (κ2) is 6.49. The molecule has 0 aliphatic carbocycles. The Hall–Kier alpha value is -1.92. The van der Waals surface area contributed by atoms with Gasteiger partial charge in [0.15, 0.2) is 0 Å². The first-order chi connectivity index (χ1) is 9.60. The Morgan fingerprint density at radius 1 is 1.25 bits per heavy atom. The summed E-state index contributed by atoms with van der Waals surface area (Å²) in [5.74, 6) is 0. The molecule has 6 heteroatoms. The molecule has 20 heavy (non-hydrogen) atoms. The third kappa shape index (κ3) is 3.55. The van der Waals surface area contributed by atoms with Gasteiger partial charge in [-0.25, -0.2) is 0 Å². The van der Waals surface area contributed by atoms with E-state index in [0.29, 0.717) is 0 Å². The highest BCUT2D eigenvalue weighted by atomic mass is 32.2. The SMILES string of the molecule is CCC(N)c1ccc(Sc2ccc([N+](=O)[O-])cc2)cn1. The number of nitro groups is 1. The van der Waals surface area contributed by atoms with Crippen LogP contribution in [0.25, 0.3) is 0 Å². The minimum Gasteiger partial charge on any atom is -0.323 e. The van der Waals surface area contributed by atoms with E-state index < -0.39 is 4.92 Å². The molecule has 0 spiro atoms. The summed E-state index contributed by atoms with van der Waals surface area (Å²) in [6.07, 6.45) is 2.62. The molecule has 0 aliphatic rings. The third-order valence-electron chi connectivity index (χ3n) is 2.86. The smallest absolute Gasteiger partial charge is 0.269 e. The van der Waals surface area contributed by atoms with Crippen molar-refractivity contribution in [1.29, 1.82) is 0 Å². The summed E-state index contributed by atoms with van der Waals surface area (Å²) < 4.78 is 0. The van der Waals surface area contributed by atoms with Crippen LogP contribution in [0.2, 0.25) is 0 Å². The first kappa shape index (κ1) is 14.5. The molecule has 0 bridgehead atoms. The van der Waals surface area contributed by atoms with Gasteiger partial charge in [-0.1, -0.05) is 18.7 Å². The van der Waals surface area contributed by atoms with Crippen molar-refractivity contribution in [2.75, 3.05) is 0 Å². The van der Waals surface area contributed by atoms with Crippen LogP contribution in [0, 0.1) is 10.1 Å². The molecule has 2 N–H and O–H groups in total. The molecule has 1 unspecified atom stereocenters. The lowest BCUT2D eigenvalue weighted by Crippen LogP contribution is -2.10. The summed E-state index contributed by atoms with van der Waals surface area (Å²) in [5, 5.41) is 10.6. The second-order valence-electron chi connectivity index (χ2n) is 4.29. The van der Waals surface area contributed by atoms with E-state index in [1.807, 2.05) is 19.1 Å². The Morgan fingerprint density at radius 2 is 1.90 bits per heavy atom. The summed E-state index contributed by atoms with van der Waals surface area (Å²) in [6, 6.07) is 10.3. The van der Waals surface area contributed by atoms with Gasteiger partial charge in [-0.3, -0.25) is 15.1 Å². The van der Waals surface area contributed by atoms with Gasteiger partial charge >= 0.3 is 0 Å². The topological polar surface area (TPSA) is 82.0 Å². The van der Waals surface area contributed by atoms with E-state index in [1.165, 1.54) is 23.9 Å². The van der Waals surface area contributed by atoms with Gasteiger partial charge < -0.3 is 5.73 Å². The third-order valence-corrected chi connectivity index (χ3v) is 3.85. The number of hydrogen-bond acceptors (Lipinski definition) is 5. The minimum absolute atomic E-state index is 0.0339. The molecular weight excluding hydrogens is 274 g/mol. The van der Waals surface area contributed by atoms with E-state index in [2.05, 4.69) is 4.98 Å². The van der Waals surface area contributed by atoms with E-state index in [1.54, 1.807) is 18.3 Å². The molecule has 0 amide bonds. The number of hydrogen-bond donors (Lipinski definition) is 1. The van der Waals surface area contributed by atoms with Crippen LogP contribution in [0.3, 0.4) is 0 Å². The Balaban J connectivity index is 2.08. The summed E-state index contributed by atoms with van der Waals surface area (Å²) in [5.41, 5.74) is 6.88. The van der Waals surface area contributed by atoms with Crippen LogP contribution < -0.4 is 5.73 Å². The van der Waals surface area contributed by atoms with E-state index in [4.69, 9.17) is 5.73 Å². The molecule has 5 nitrogen and oxygen atoms in total. The number of nitro benzene ring substituents is 1. The maximum absolute atomic E-state index is 10.6. The van der Waals surface area contributed by atoms with Gasteiger partial charge in [0, 0.05) is 34.2 Å². The molecule has 2 aromatic rings. The molecule has 1 heterocycles. The lowest BCUT2D eigenvalue weighted by molar-refractivity contribution is -0.384. The first-order valence-corrected chi connectivity index (χ1v) is 7.05. The molecule has 0 saturated carbocycles. The molecular formula is C14H15N3O2S. The monoisotopic (exact) mass is 289 g/mol. The van der Waals surface area contributed by atoms with Crippen molar-refractivity contribution in [1.82, 2.24) is 4.98 Å². The molecule has 1 atom stereocenters. The van der Waals surface area contributed by atoms with E-state index >= 15 is 0 Å². The van der Waals surface area contributed by atoms with Crippen LogP contribution in [0.4, 0.5) is 5.69 Å². The van der Waals surface area contributed by atoms with Gasteiger partial charge in [0.1, 0.15) is 0 Å². The second-order valence-corrected chi connectivity index (χ2v) is 5.43.